The van der Waals surface area contributed by atoms with Crippen LogP contribution in [0.2, 0.25) is 0 Å². The van der Waals surface area contributed by atoms with E-state index in [0.29, 0.717) is 5.56 Å². The predicted octanol–water partition coefficient (Wildman–Crippen LogP) is 1.06. The van der Waals surface area contributed by atoms with E-state index in [-0.39, 0.29) is 16.0 Å². The van der Waals surface area contributed by atoms with Crippen molar-refractivity contribution in [2.75, 3.05) is 0 Å². The minimum atomic E-state index is -4.43. The summed E-state index contributed by atoms with van der Waals surface area (Å²) in [4.78, 5) is 14.1. The van der Waals surface area contributed by atoms with Crippen LogP contribution < -0.4 is 10.9 Å². The molecule has 10 heteroatoms. The molecular formula is C20H15N3O5S2. The van der Waals surface area contributed by atoms with Crippen molar-refractivity contribution in [2.45, 2.75) is 14.7 Å². The van der Waals surface area contributed by atoms with Crippen LogP contribution in [-0.2, 0) is 19.9 Å². The lowest BCUT2D eigenvalue weighted by atomic mass is 10.1. The minimum Gasteiger partial charge on any atom is -0.366 e. The molecule has 3 rings (SSSR count). The highest BCUT2D eigenvalue weighted by molar-refractivity contribution is 7.93. The lowest BCUT2D eigenvalue weighted by molar-refractivity contribution is 0.1000. The Labute approximate surface area is 173 Å². The molecule has 30 heavy (non-hydrogen) atoms. The van der Waals surface area contributed by atoms with Gasteiger partial charge in [0.15, 0.2) is 0 Å². The number of benzene rings is 2. The summed E-state index contributed by atoms with van der Waals surface area (Å²) in [6.45, 7) is 0. The molecule has 0 spiro atoms. The summed E-state index contributed by atoms with van der Waals surface area (Å²) >= 11 is 0. The van der Waals surface area contributed by atoms with Crippen LogP contribution in [0.4, 0.5) is 0 Å². The number of primary sulfonamides is 1. The van der Waals surface area contributed by atoms with Crippen LogP contribution in [0, 0.1) is 11.8 Å². The molecule has 0 saturated heterocycles. The monoisotopic (exact) mass is 441 g/mol. The second-order valence-electron chi connectivity index (χ2n) is 6.06. The van der Waals surface area contributed by atoms with Gasteiger partial charge in [-0.05, 0) is 42.5 Å². The van der Waals surface area contributed by atoms with Crippen molar-refractivity contribution >= 4 is 25.8 Å². The first-order valence-corrected chi connectivity index (χ1v) is 11.4. The Kier molecular flexibility index (Phi) is 5.71. The van der Waals surface area contributed by atoms with Crippen molar-refractivity contribution in [1.29, 1.82) is 0 Å². The maximum absolute atomic E-state index is 13.4. The Bertz CT molecular complexity index is 1410. The van der Waals surface area contributed by atoms with Gasteiger partial charge in [0, 0.05) is 29.1 Å². The summed E-state index contributed by atoms with van der Waals surface area (Å²) < 4.78 is 50.5. The normalized spacial score (nSPS) is 11.4. The molecule has 0 aliphatic rings. The summed E-state index contributed by atoms with van der Waals surface area (Å²) in [7, 11) is -8.76. The number of carbonyl (C=O) groups excluding carboxylic acids is 1. The summed E-state index contributed by atoms with van der Waals surface area (Å²) in [5.41, 5.74) is 5.79. The molecule has 8 nitrogen and oxygen atoms in total. The Morgan fingerprint density at radius 3 is 2.17 bits per heavy atom. The van der Waals surface area contributed by atoms with Crippen molar-refractivity contribution in [2.24, 2.45) is 10.9 Å². The Balaban J connectivity index is 2.28. The molecule has 3 aromatic rings. The highest BCUT2D eigenvalue weighted by atomic mass is 32.2. The number of sulfonamides is 1. The fraction of sp³-hybridized carbons (Fsp3) is 0. The number of primary amides is 1. The molecule has 0 saturated carbocycles. The van der Waals surface area contributed by atoms with Crippen LogP contribution in [-0.4, -0.2) is 27.7 Å². The van der Waals surface area contributed by atoms with Gasteiger partial charge in [-0.1, -0.05) is 24.0 Å². The number of sulfone groups is 1. The summed E-state index contributed by atoms with van der Waals surface area (Å²) in [6.07, 6.45) is 3.06. The zero-order valence-electron chi connectivity index (χ0n) is 15.3. The van der Waals surface area contributed by atoms with E-state index in [1.165, 1.54) is 30.5 Å². The number of aromatic nitrogens is 1. The second-order valence-corrected chi connectivity index (χ2v) is 9.48. The van der Waals surface area contributed by atoms with Gasteiger partial charge in [-0.25, -0.2) is 22.0 Å². The van der Waals surface area contributed by atoms with Gasteiger partial charge in [-0.15, -0.1) is 0 Å². The van der Waals surface area contributed by atoms with E-state index in [9.17, 15) is 21.6 Å². The molecule has 0 aliphatic carbocycles. The van der Waals surface area contributed by atoms with Gasteiger partial charge >= 0.3 is 0 Å². The largest absolute Gasteiger partial charge is 0.366 e. The number of hydrogen-bond donors (Lipinski definition) is 2. The number of nitrogens with two attached hydrogens (primary N) is 2. The molecule has 1 amide bonds. The molecule has 0 fully saturated rings. The average Bonchev–Trinajstić information content (AvgIpc) is 2.72. The minimum absolute atomic E-state index is 0.0491. The zero-order valence-corrected chi connectivity index (χ0v) is 16.9. The highest BCUT2D eigenvalue weighted by Gasteiger charge is 2.28. The molecular weight excluding hydrogens is 426 g/mol. The third-order valence-electron chi connectivity index (χ3n) is 4.00. The highest BCUT2D eigenvalue weighted by Crippen LogP contribution is 2.29. The van der Waals surface area contributed by atoms with Crippen LogP contribution in [0.25, 0.3) is 0 Å². The van der Waals surface area contributed by atoms with Crippen molar-refractivity contribution in [3.05, 3.63) is 83.7 Å². The van der Waals surface area contributed by atoms with Gasteiger partial charge in [0.1, 0.15) is 4.90 Å². The molecule has 0 radical (unpaired) electrons. The second kappa shape index (κ2) is 8.08. The van der Waals surface area contributed by atoms with E-state index < -0.39 is 35.6 Å². The summed E-state index contributed by atoms with van der Waals surface area (Å²) in [5.74, 6) is 4.66. The topological polar surface area (TPSA) is 150 Å². The average molecular weight is 441 g/mol. The lowest BCUT2D eigenvalue weighted by Crippen LogP contribution is -2.18. The van der Waals surface area contributed by atoms with Crippen LogP contribution >= 0.6 is 0 Å². The number of rotatable bonds is 4. The first-order chi connectivity index (χ1) is 14.1. The van der Waals surface area contributed by atoms with E-state index >= 15 is 0 Å². The molecule has 0 bridgehead atoms. The van der Waals surface area contributed by atoms with Crippen molar-refractivity contribution in [3.63, 3.8) is 0 Å². The predicted molar refractivity (Wildman–Crippen MR) is 108 cm³/mol. The molecule has 0 unspecified atom stereocenters. The third kappa shape index (κ3) is 4.38. The number of carbonyl (C=O) groups is 1. The summed E-state index contributed by atoms with van der Waals surface area (Å²) in [6, 6.07) is 12.0. The van der Waals surface area contributed by atoms with Crippen molar-refractivity contribution in [1.82, 2.24) is 4.98 Å². The smallest absolute Gasteiger partial charge is 0.248 e. The van der Waals surface area contributed by atoms with E-state index in [1.54, 1.807) is 18.3 Å². The SMILES string of the molecule is NC(=O)c1ccc(C#Cc2cccnc2)c(S(=O)(=O)c2ccccc2S(N)(=O)=O)c1. The van der Waals surface area contributed by atoms with Gasteiger partial charge < -0.3 is 5.73 Å². The standard InChI is InChI=1S/C20H15N3O5S2/c21-20(24)16-10-9-15(8-7-14-4-3-11-23-13-14)19(12-16)29(25,26)17-5-1-2-6-18(17)30(22,27)28/h1-6,9-13H,(H2,21,24)(H2,22,27,28). The molecule has 2 aromatic carbocycles. The maximum Gasteiger partial charge on any atom is 0.248 e. The van der Waals surface area contributed by atoms with Crippen molar-refractivity contribution < 1.29 is 21.6 Å². The molecule has 0 atom stereocenters. The molecule has 1 aromatic heterocycles. The first-order valence-electron chi connectivity index (χ1n) is 8.33. The Morgan fingerprint density at radius 1 is 0.867 bits per heavy atom. The van der Waals surface area contributed by atoms with Crippen LogP contribution in [0.15, 0.2) is 81.7 Å². The first kappa shape index (κ1) is 21.2. The van der Waals surface area contributed by atoms with E-state index in [4.69, 9.17) is 10.9 Å². The van der Waals surface area contributed by atoms with Gasteiger partial charge in [0.25, 0.3) is 0 Å². The number of nitrogens with zero attached hydrogens (tertiary/aromatic N) is 1. The number of hydrogen-bond acceptors (Lipinski definition) is 6. The maximum atomic E-state index is 13.4. The van der Waals surface area contributed by atoms with Gasteiger partial charge in [0.2, 0.25) is 25.8 Å². The molecule has 1 heterocycles. The number of amides is 1. The molecule has 0 aliphatic heterocycles. The van der Waals surface area contributed by atoms with Gasteiger partial charge in [0.05, 0.1) is 9.79 Å². The van der Waals surface area contributed by atoms with E-state index in [1.807, 2.05) is 0 Å². The quantitative estimate of drug-likeness (QED) is 0.578. The fourth-order valence-electron chi connectivity index (χ4n) is 2.60. The molecule has 4 N–H and O–H groups in total. The van der Waals surface area contributed by atoms with Crippen LogP contribution in [0.5, 0.6) is 0 Å². The number of pyridine rings is 1. The van der Waals surface area contributed by atoms with E-state index in [2.05, 4.69) is 16.8 Å². The molecule has 152 valence electrons. The third-order valence-corrected chi connectivity index (χ3v) is 6.95. The van der Waals surface area contributed by atoms with Crippen molar-refractivity contribution in [3.8, 4) is 11.8 Å². The Hall–Kier alpha value is -3.52. The Morgan fingerprint density at radius 2 is 1.57 bits per heavy atom. The van der Waals surface area contributed by atoms with Gasteiger partial charge in [-0.2, -0.15) is 0 Å². The van der Waals surface area contributed by atoms with E-state index in [0.717, 1.165) is 18.2 Å². The summed E-state index contributed by atoms with van der Waals surface area (Å²) in [5, 5.41) is 5.18. The van der Waals surface area contributed by atoms with Crippen LogP contribution in [0.3, 0.4) is 0 Å². The fourth-order valence-corrected chi connectivity index (χ4v) is 5.42. The lowest BCUT2D eigenvalue weighted by Gasteiger charge is -2.11. The van der Waals surface area contributed by atoms with Crippen LogP contribution in [0.1, 0.15) is 21.5 Å². The van der Waals surface area contributed by atoms with Gasteiger partial charge in [-0.3, -0.25) is 9.78 Å². The zero-order chi connectivity index (χ0) is 21.9.